The molecule has 6 nitrogen and oxygen atoms in total. The summed E-state index contributed by atoms with van der Waals surface area (Å²) in [6.07, 6.45) is 2.13. The SMILES string of the molecule is C=C1CCC2C(=O)N(c3ccc(Oc4ccc(N5COc6cc(C)ccc6C5)cc4)cc3)C(=O)C2C1. The van der Waals surface area contributed by atoms with Gasteiger partial charge in [0.15, 0.2) is 6.73 Å². The first-order chi connectivity index (χ1) is 17.5. The monoisotopic (exact) mass is 480 g/mol. The summed E-state index contributed by atoms with van der Waals surface area (Å²) in [6, 6.07) is 21.3. The van der Waals surface area contributed by atoms with Crippen LogP contribution in [0, 0.1) is 18.8 Å². The standard InChI is InChI=1S/C30H28N2O4/c1-19-4-14-26-27(15-19)30(34)32(29(26)33)23-8-12-25(13-9-23)36-24-10-6-22(7-11-24)31-17-21-5-3-20(2)16-28(21)35-18-31/h3,5-13,16,26-27H,1,4,14-15,17-18H2,2H3. The summed E-state index contributed by atoms with van der Waals surface area (Å²) in [5, 5.41) is 0. The zero-order valence-corrected chi connectivity index (χ0v) is 20.3. The van der Waals surface area contributed by atoms with Gasteiger partial charge in [-0.3, -0.25) is 14.5 Å². The van der Waals surface area contributed by atoms with Gasteiger partial charge in [0.25, 0.3) is 0 Å². The number of carbonyl (C=O) groups excluding carboxylic acids is 2. The van der Waals surface area contributed by atoms with E-state index in [9.17, 15) is 9.59 Å². The van der Waals surface area contributed by atoms with Gasteiger partial charge in [0.2, 0.25) is 11.8 Å². The van der Waals surface area contributed by atoms with Crippen LogP contribution in [0.25, 0.3) is 0 Å². The molecule has 0 N–H and O–H groups in total. The van der Waals surface area contributed by atoms with Gasteiger partial charge in [-0.05, 0) is 86.3 Å². The number of nitrogens with zero attached hydrogens (tertiary/aromatic N) is 2. The van der Waals surface area contributed by atoms with Gasteiger partial charge in [-0.1, -0.05) is 24.3 Å². The zero-order chi connectivity index (χ0) is 24.8. The Bertz CT molecular complexity index is 1350. The van der Waals surface area contributed by atoms with Crippen LogP contribution in [-0.4, -0.2) is 18.5 Å². The smallest absolute Gasteiger partial charge is 0.238 e. The number of ether oxygens (including phenoxy) is 2. The van der Waals surface area contributed by atoms with Crippen molar-refractivity contribution in [3.8, 4) is 17.2 Å². The molecule has 0 spiro atoms. The summed E-state index contributed by atoms with van der Waals surface area (Å²) in [5.74, 6) is 1.60. The fourth-order valence-electron chi connectivity index (χ4n) is 5.38. The molecule has 2 fully saturated rings. The maximum absolute atomic E-state index is 12.9. The van der Waals surface area contributed by atoms with E-state index < -0.39 is 0 Å². The van der Waals surface area contributed by atoms with E-state index >= 15 is 0 Å². The third-order valence-corrected chi connectivity index (χ3v) is 7.37. The fraction of sp³-hybridized carbons (Fsp3) is 0.267. The van der Waals surface area contributed by atoms with E-state index in [0.29, 0.717) is 36.8 Å². The van der Waals surface area contributed by atoms with E-state index in [1.54, 1.807) is 24.3 Å². The first-order valence-electron chi connectivity index (χ1n) is 12.4. The number of amides is 2. The van der Waals surface area contributed by atoms with Crippen LogP contribution in [0.15, 0.2) is 78.9 Å². The largest absolute Gasteiger partial charge is 0.473 e. The molecule has 3 aromatic rings. The van der Waals surface area contributed by atoms with Crippen molar-refractivity contribution in [2.45, 2.75) is 32.7 Å². The van der Waals surface area contributed by atoms with E-state index in [4.69, 9.17) is 9.47 Å². The van der Waals surface area contributed by atoms with Crippen molar-refractivity contribution in [3.63, 3.8) is 0 Å². The third-order valence-electron chi connectivity index (χ3n) is 7.37. The van der Waals surface area contributed by atoms with Gasteiger partial charge < -0.3 is 14.4 Å². The van der Waals surface area contributed by atoms with Crippen molar-refractivity contribution in [1.29, 1.82) is 0 Å². The highest BCUT2D eigenvalue weighted by atomic mass is 16.5. The summed E-state index contributed by atoms with van der Waals surface area (Å²) in [6.45, 7) is 7.38. The molecule has 2 atom stereocenters. The molecule has 182 valence electrons. The van der Waals surface area contributed by atoms with Crippen LogP contribution in [-0.2, 0) is 16.1 Å². The van der Waals surface area contributed by atoms with E-state index in [2.05, 4.69) is 36.6 Å². The lowest BCUT2D eigenvalue weighted by Gasteiger charge is -2.31. The van der Waals surface area contributed by atoms with E-state index in [-0.39, 0.29) is 23.7 Å². The highest BCUT2D eigenvalue weighted by molar-refractivity contribution is 6.22. The highest BCUT2D eigenvalue weighted by Crippen LogP contribution is 2.42. The van der Waals surface area contributed by atoms with Gasteiger partial charge in [0.05, 0.1) is 17.5 Å². The molecule has 2 unspecified atom stereocenters. The Hall–Kier alpha value is -4.06. The molecule has 2 heterocycles. The summed E-state index contributed by atoms with van der Waals surface area (Å²) < 4.78 is 12.0. The van der Waals surface area contributed by atoms with Gasteiger partial charge in [0, 0.05) is 17.8 Å². The molecule has 1 saturated carbocycles. The normalized spacial score (nSPS) is 21.2. The molecule has 36 heavy (non-hydrogen) atoms. The van der Waals surface area contributed by atoms with Crippen LogP contribution in [0.5, 0.6) is 17.2 Å². The number of hydrogen-bond acceptors (Lipinski definition) is 5. The topological polar surface area (TPSA) is 59.1 Å². The Labute approximate surface area is 210 Å². The van der Waals surface area contributed by atoms with E-state index in [1.807, 2.05) is 24.3 Å². The summed E-state index contributed by atoms with van der Waals surface area (Å²) in [4.78, 5) is 29.4. The number of fused-ring (bicyclic) bond motifs is 2. The van der Waals surface area contributed by atoms with Crippen LogP contribution >= 0.6 is 0 Å². The Morgan fingerprint density at radius 2 is 1.56 bits per heavy atom. The second kappa shape index (κ2) is 8.86. The van der Waals surface area contributed by atoms with Crippen LogP contribution < -0.4 is 19.3 Å². The van der Waals surface area contributed by atoms with Gasteiger partial charge in [-0.2, -0.15) is 0 Å². The minimum absolute atomic E-state index is 0.0961. The van der Waals surface area contributed by atoms with Crippen molar-refractivity contribution in [2.24, 2.45) is 11.8 Å². The minimum atomic E-state index is -0.268. The predicted molar refractivity (Wildman–Crippen MR) is 138 cm³/mol. The molecule has 6 rings (SSSR count). The maximum Gasteiger partial charge on any atom is 0.238 e. The Morgan fingerprint density at radius 1 is 0.889 bits per heavy atom. The molecule has 0 aromatic heterocycles. The first-order valence-corrected chi connectivity index (χ1v) is 12.4. The first kappa shape index (κ1) is 22.4. The van der Waals surface area contributed by atoms with Crippen LogP contribution in [0.1, 0.15) is 30.4 Å². The highest BCUT2D eigenvalue weighted by Gasteiger charge is 2.49. The molecule has 0 bridgehead atoms. The second-order valence-corrected chi connectivity index (χ2v) is 9.89. The number of rotatable bonds is 4. The molecule has 3 aliphatic rings. The Balaban J connectivity index is 1.12. The Morgan fingerprint density at radius 3 is 2.28 bits per heavy atom. The average Bonchev–Trinajstić information content (AvgIpc) is 3.13. The molecule has 3 aromatic carbocycles. The van der Waals surface area contributed by atoms with Crippen LogP contribution in [0.2, 0.25) is 0 Å². The van der Waals surface area contributed by atoms with Gasteiger partial charge >= 0.3 is 0 Å². The number of carbonyl (C=O) groups is 2. The van der Waals surface area contributed by atoms with Crippen LogP contribution in [0.4, 0.5) is 11.4 Å². The van der Waals surface area contributed by atoms with Crippen LogP contribution in [0.3, 0.4) is 0 Å². The molecule has 6 heteroatoms. The average molecular weight is 481 g/mol. The van der Waals surface area contributed by atoms with Crippen molar-refractivity contribution >= 4 is 23.2 Å². The summed E-state index contributed by atoms with van der Waals surface area (Å²) >= 11 is 0. The van der Waals surface area contributed by atoms with Crippen molar-refractivity contribution in [2.75, 3.05) is 16.5 Å². The fourth-order valence-corrected chi connectivity index (χ4v) is 5.38. The molecular weight excluding hydrogens is 452 g/mol. The molecule has 2 aliphatic heterocycles. The number of anilines is 2. The summed E-state index contributed by atoms with van der Waals surface area (Å²) in [7, 11) is 0. The molecule has 1 aliphatic carbocycles. The maximum atomic E-state index is 12.9. The lowest BCUT2D eigenvalue weighted by molar-refractivity contribution is -0.122. The molecule has 0 radical (unpaired) electrons. The van der Waals surface area contributed by atoms with Crippen molar-refractivity contribution < 1.29 is 19.1 Å². The predicted octanol–water partition coefficient (Wildman–Crippen LogP) is 5.99. The Kier molecular flexibility index (Phi) is 5.52. The quantitative estimate of drug-likeness (QED) is 0.339. The number of aryl methyl sites for hydroxylation is 1. The van der Waals surface area contributed by atoms with Gasteiger partial charge in [-0.15, -0.1) is 0 Å². The van der Waals surface area contributed by atoms with E-state index in [0.717, 1.165) is 30.0 Å². The van der Waals surface area contributed by atoms with Crippen molar-refractivity contribution in [3.05, 3.63) is 90.0 Å². The lowest BCUT2D eigenvalue weighted by Crippen LogP contribution is -2.31. The van der Waals surface area contributed by atoms with Gasteiger partial charge in [-0.25, -0.2) is 0 Å². The van der Waals surface area contributed by atoms with Gasteiger partial charge in [0.1, 0.15) is 17.2 Å². The van der Waals surface area contributed by atoms with Crippen molar-refractivity contribution in [1.82, 2.24) is 0 Å². The number of benzene rings is 3. The molecule has 2 amide bonds. The third kappa shape index (κ3) is 4.02. The molecular formula is C30H28N2O4. The number of imide groups is 1. The number of allylic oxidation sites excluding steroid dienone is 1. The lowest BCUT2D eigenvalue weighted by atomic mass is 9.79. The molecule has 1 saturated heterocycles. The minimum Gasteiger partial charge on any atom is -0.473 e. The zero-order valence-electron chi connectivity index (χ0n) is 20.3. The van der Waals surface area contributed by atoms with E-state index in [1.165, 1.54) is 16.0 Å². The summed E-state index contributed by atoms with van der Waals surface area (Å²) in [5.41, 5.74) is 5.07. The second-order valence-electron chi connectivity index (χ2n) is 9.89. The number of hydrogen-bond donors (Lipinski definition) is 0.